The fraction of sp³-hybridized carbons (Fsp3) is 0.455. The normalized spacial score (nSPS) is 14.6. The number of nitrogens with zero attached hydrogens (tertiary/aromatic N) is 2. The van der Waals surface area contributed by atoms with Crippen LogP contribution in [0.25, 0.3) is 0 Å². The number of amides is 1. The Bertz CT molecular complexity index is 393. The van der Waals surface area contributed by atoms with Crippen molar-refractivity contribution in [3.8, 4) is 0 Å². The van der Waals surface area contributed by atoms with E-state index in [1.54, 1.807) is 6.20 Å². The van der Waals surface area contributed by atoms with Gasteiger partial charge in [0.05, 0.1) is 11.0 Å². The molecule has 1 N–H and O–H groups in total. The maximum absolute atomic E-state index is 11.6. The molecule has 1 aliphatic carbocycles. The highest BCUT2D eigenvalue weighted by Crippen LogP contribution is 2.22. The van der Waals surface area contributed by atoms with Crippen molar-refractivity contribution < 1.29 is 4.79 Å². The van der Waals surface area contributed by atoms with Crippen molar-refractivity contribution in [2.45, 2.75) is 18.9 Å². The van der Waals surface area contributed by atoms with E-state index in [4.69, 9.17) is 0 Å². The second-order valence-electron chi connectivity index (χ2n) is 4.01. The molecule has 1 aliphatic rings. The lowest BCUT2D eigenvalue weighted by Crippen LogP contribution is -2.36. The Labute approximate surface area is 103 Å². The van der Waals surface area contributed by atoms with Gasteiger partial charge < -0.3 is 10.2 Å². The van der Waals surface area contributed by atoms with E-state index in [0.29, 0.717) is 12.6 Å². The standard InChI is InChI=1S/C11H14BrN3O/c1-15(7-10(16)14-8-4-5-8)11-9(12)3-2-6-13-11/h2-3,6,8H,4-5,7H2,1H3,(H,14,16). The average molecular weight is 284 g/mol. The van der Waals surface area contributed by atoms with E-state index in [2.05, 4.69) is 26.2 Å². The molecule has 1 fully saturated rings. The number of carbonyl (C=O) groups excluding carboxylic acids is 1. The van der Waals surface area contributed by atoms with Crippen molar-refractivity contribution in [2.75, 3.05) is 18.5 Å². The molecule has 0 radical (unpaired) electrons. The number of rotatable bonds is 4. The second kappa shape index (κ2) is 4.82. The van der Waals surface area contributed by atoms with Crippen LogP contribution in [0.2, 0.25) is 0 Å². The van der Waals surface area contributed by atoms with E-state index in [1.165, 1.54) is 0 Å². The van der Waals surface area contributed by atoms with Crippen LogP contribution in [0.1, 0.15) is 12.8 Å². The zero-order chi connectivity index (χ0) is 11.5. The molecule has 86 valence electrons. The van der Waals surface area contributed by atoms with Gasteiger partial charge in [-0.1, -0.05) is 0 Å². The summed E-state index contributed by atoms with van der Waals surface area (Å²) in [5, 5.41) is 2.95. The molecule has 1 aromatic heterocycles. The molecule has 0 spiro atoms. The second-order valence-corrected chi connectivity index (χ2v) is 4.86. The van der Waals surface area contributed by atoms with Crippen molar-refractivity contribution in [3.05, 3.63) is 22.8 Å². The predicted molar refractivity (Wildman–Crippen MR) is 66.4 cm³/mol. The maximum Gasteiger partial charge on any atom is 0.239 e. The molecular weight excluding hydrogens is 270 g/mol. The van der Waals surface area contributed by atoms with Crippen LogP contribution in [0.15, 0.2) is 22.8 Å². The van der Waals surface area contributed by atoms with Crippen LogP contribution in [0, 0.1) is 0 Å². The first-order chi connectivity index (χ1) is 7.66. The minimum atomic E-state index is 0.0579. The van der Waals surface area contributed by atoms with Gasteiger partial charge in [-0.05, 0) is 40.9 Å². The smallest absolute Gasteiger partial charge is 0.239 e. The van der Waals surface area contributed by atoms with Crippen LogP contribution >= 0.6 is 15.9 Å². The molecular formula is C11H14BrN3O. The Morgan fingerprint density at radius 2 is 2.44 bits per heavy atom. The molecule has 1 saturated carbocycles. The number of anilines is 1. The molecule has 0 aromatic carbocycles. The third kappa shape index (κ3) is 2.95. The maximum atomic E-state index is 11.6. The van der Waals surface area contributed by atoms with Crippen LogP contribution in [-0.2, 0) is 4.79 Å². The van der Waals surface area contributed by atoms with E-state index in [-0.39, 0.29) is 5.91 Å². The van der Waals surface area contributed by atoms with Crippen LogP contribution in [0.5, 0.6) is 0 Å². The molecule has 1 aromatic rings. The molecule has 2 rings (SSSR count). The van der Waals surface area contributed by atoms with Crippen molar-refractivity contribution in [2.24, 2.45) is 0 Å². The minimum absolute atomic E-state index is 0.0579. The molecule has 0 bridgehead atoms. The Morgan fingerprint density at radius 3 is 3.06 bits per heavy atom. The first kappa shape index (κ1) is 11.4. The van der Waals surface area contributed by atoms with Gasteiger partial charge in [-0.25, -0.2) is 4.98 Å². The van der Waals surface area contributed by atoms with Crippen LogP contribution < -0.4 is 10.2 Å². The Kier molecular flexibility index (Phi) is 3.43. The lowest BCUT2D eigenvalue weighted by atomic mass is 10.4. The van der Waals surface area contributed by atoms with Gasteiger partial charge in [0.1, 0.15) is 5.82 Å². The first-order valence-electron chi connectivity index (χ1n) is 5.28. The zero-order valence-electron chi connectivity index (χ0n) is 9.11. The Hall–Kier alpha value is -1.10. The predicted octanol–water partition coefficient (Wildman–Crippen LogP) is 1.56. The number of aromatic nitrogens is 1. The van der Waals surface area contributed by atoms with Gasteiger partial charge in [-0.2, -0.15) is 0 Å². The number of pyridine rings is 1. The number of hydrogen-bond acceptors (Lipinski definition) is 3. The highest BCUT2D eigenvalue weighted by molar-refractivity contribution is 9.10. The summed E-state index contributed by atoms with van der Waals surface area (Å²) in [4.78, 5) is 17.7. The molecule has 0 atom stereocenters. The highest BCUT2D eigenvalue weighted by atomic mass is 79.9. The molecule has 16 heavy (non-hydrogen) atoms. The number of halogens is 1. The number of hydrogen-bond donors (Lipinski definition) is 1. The summed E-state index contributed by atoms with van der Waals surface area (Å²) < 4.78 is 0.900. The molecule has 1 amide bonds. The first-order valence-corrected chi connectivity index (χ1v) is 6.07. The third-order valence-electron chi connectivity index (χ3n) is 2.42. The topological polar surface area (TPSA) is 45.2 Å². The molecule has 0 aliphatic heterocycles. The summed E-state index contributed by atoms with van der Waals surface area (Å²) in [5.74, 6) is 0.844. The van der Waals surface area contributed by atoms with Crippen LogP contribution in [0.4, 0.5) is 5.82 Å². The molecule has 0 unspecified atom stereocenters. The van der Waals surface area contributed by atoms with E-state index in [0.717, 1.165) is 23.1 Å². The molecule has 5 heteroatoms. The van der Waals surface area contributed by atoms with Crippen molar-refractivity contribution in [1.82, 2.24) is 10.3 Å². The summed E-state index contributed by atoms with van der Waals surface area (Å²) in [7, 11) is 1.86. The highest BCUT2D eigenvalue weighted by Gasteiger charge is 2.23. The van der Waals surface area contributed by atoms with Gasteiger partial charge in [-0.15, -0.1) is 0 Å². The van der Waals surface area contributed by atoms with Gasteiger partial charge in [0, 0.05) is 19.3 Å². The quantitative estimate of drug-likeness (QED) is 0.912. The molecule has 4 nitrogen and oxygen atoms in total. The third-order valence-corrected chi connectivity index (χ3v) is 3.04. The van der Waals surface area contributed by atoms with Crippen molar-refractivity contribution in [3.63, 3.8) is 0 Å². The number of carbonyl (C=O) groups is 1. The van der Waals surface area contributed by atoms with Crippen LogP contribution in [-0.4, -0.2) is 30.5 Å². The van der Waals surface area contributed by atoms with E-state index in [9.17, 15) is 4.79 Å². The number of likely N-dealkylation sites (N-methyl/N-ethyl adjacent to an activating group) is 1. The summed E-state index contributed by atoms with van der Waals surface area (Å²) in [6.07, 6.45) is 3.95. The van der Waals surface area contributed by atoms with Gasteiger partial charge in [0.2, 0.25) is 5.91 Å². The molecule has 1 heterocycles. The van der Waals surface area contributed by atoms with Crippen LogP contribution in [0.3, 0.4) is 0 Å². The molecule has 0 saturated heterocycles. The monoisotopic (exact) mass is 283 g/mol. The number of nitrogens with one attached hydrogen (secondary N) is 1. The summed E-state index contributed by atoms with van der Waals surface area (Å²) in [6, 6.07) is 4.18. The largest absolute Gasteiger partial charge is 0.352 e. The van der Waals surface area contributed by atoms with E-state index >= 15 is 0 Å². The van der Waals surface area contributed by atoms with Gasteiger partial charge in [-0.3, -0.25) is 4.79 Å². The lowest BCUT2D eigenvalue weighted by molar-refractivity contribution is -0.119. The summed E-state index contributed by atoms with van der Waals surface area (Å²) >= 11 is 3.41. The lowest BCUT2D eigenvalue weighted by Gasteiger charge is -2.18. The zero-order valence-corrected chi connectivity index (χ0v) is 10.7. The van der Waals surface area contributed by atoms with Gasteiger partial charge in [0.25, 0.3) is 0 Å². The van der Waals surface area contributed by atoms with Crippen molar-refractivity contribution in [1.29, 1.82) is 0 Å². The Morgan fingerprint density at radius 1 is 1.69 bits per heavy atom. The summed E-state index contributed by atoms with van der Waals surface area (Å²) in [6.45, 7) is 0.339. The van der Waals surface area contributed by atoms with Crippen molar-refractivity contribution >= 4 is 27.7 Å². The Balaban J connectivity index is 1.93. The van der Waals surface area contributed by atoms with E-state index < -0.39 is 0 Å². The SMILES string of the molecule is CN(CC(=O)NC1CC1)c1ncccc1Br. The van der Waals surface area contributed by atoms with Gasteiger partial charge in [0.15, 0.2) is 0 Å². The minimum Gasteiger partial charge on any atom is -0.352 e. The fourth-order valence-corrected chi connectivity index (χ4v) is 2.01. The fourth-order valence-electron chi connectivity index (χ4n) is 1.45. The van der Waals surface area contributed by atoms with E-state index in [1.807, 2.05) is 24.1 Å². The average Bonchev–Trinajstić information content (AvgIpc) is 3.01. The van der Waals surface area contributed by atoms with Gasteiger partial charge >= 0.3 is 0 Å². The summed E-state index contributed by atoms with van der Waals surface area (Å²) in [5.41, 5.74) is 0.